The number of halogens is 1. The molecule has 0 aliphatic carbocycles. The number of sulfone groups is 1. The highest BCUT2D eigenvalue weighted by Gasteiger charge is 2.40. The predicted molar refractivity (Wildman–Crippen MR) is 83.4 cm³/mol. The number of likely N-dealkylation sites (tertiary alicyclic amines) is 1. The maximum absolute atomic E-state index is 13.6. The largest absolute Gasteiger partial charge is 0.487 e. The molecule has 23 heavy (non-hydrogen) atoms. The molecule has 1 aromatic rings. The maximum atomic E-state index is 13.6. The molecule has 0 aromatic heterocycles. The summed E-state index contributed by atoms with van der Waals surface area (Å²) in [6, 6.07) is 6.24. The Morgan fingerprint density at radius 1 is 1.17 bits per heavy atom. The lowest BCUT2D eigenvalue weighted by atomic mass is 10.1. The van der Waals surface area contributed by atoms with Crippen LogP contribution in [-0.2, 0) is 14.6 Å². The van der Waals surface area contributed by atoms with E-state index in [1.807, 2.05) is 0 Å². The Morgan fingerprint density at radius 2 is 1.87 bits per heavy atom. The quantitative estimate of drug-likeness (QED) is 0.841. The maximum Gasteiger partial charge on any atom is 0.240 e. The van der Waals surface area contributed by atoms with Crippen molar-refractivity contribution < 1.29 is 22.3 Å². The van der Waals surface area contributed by atoms with Crippen LogP contribution in [0.1, 0.15) is 25.7 Å². The van der Waals surface area contributed by atoms with Crippen LogP contribution in [-0.4, -0.2) is 49.4 Å². The van der Waals surface area contributed by atoms with Crippen molar-refractivity contribution in [1.82, 2.24) is 4.90 Å². The third-order valence-corrected chi connectivity index (χ3v) is 6.65. The van der Waals surface area contributed by atoms with Crippen LogP contribution in [0.15, 0.2) is 24.3 Å². The van der Waals surface area contributed by atoms with Crippen molar-refractivity contribution in [3.8, 4) is 5.75 Å². The number of rotatable bonds is 3. The fraction of sp³-hybridized carbons (Fsp3) is 0.562. The van der Waals surface area contributed by atoms with Gasteiger partial charge in [-0.15, -0.1) is 0 Å². The number of para-hydroxylation sites is 1. The predicted octanol–water partition coefficient (Wildman–Crippen LogP) is 1.77. The Hall–Kier alpha value is -1.63. The van der Waals surface area contributed by atoms with Crippen molar-refractivity contribution in [2.75, 3.05) is 18.8 Å². The highest BCUT2D eigenvalue weighted by Crippen LogP contribution is 2.25. The summed E-state index contributed by atoms with van der Waals surface area (Å²) in [6.45, 7) is 0.897. The molecule has 2 heterocycles. The molecule has 1 atom stereocenters. The zero-order valence-electron chi connectivity index (χ0n) is 12.8. The third kappa shape index (κ3) is 3.49. The van der Waals surface area contributed by atoms with Gasteiger partial charge in [0.15, 0.2) is 21.4 Å². The average Bonchev–Trinajstić information content (AvgIpc) is 2.89. The first-order valence-corrected chi connectivity index (χ1v) is 9.60. The van der Waals surface area contributed by atoms with Gasteiger partial charge in [0.05, 0.1) is 5.75 Å². The van der Waals surface area contributed by atoms with Crippen LogP contribution in [0.2, 0.25) is 0 Å². The second kappa shape index (κ2) is 6.47. The summed E-state index contributed by atoms with van der Waals surface area (Å²) in [4.78, 5) is 14.0. The minimum Gasteiger partial charge on any atom is -0.487 e. The highest BCUT2D eigenvalue weighted by molar-refractivity contribution is 7.93. The van der Waals surface area contributed by atoms with Gasteiger partial charge in [-0.05, 0) is 25.0 Å². The van der Waals surface area contributed by atoms with Gasteiger partial charge in [-0.1, -0.05) is 12.1 Å². The van der Waals surface area contributed by atoms with Gasteiger partial charge >= 0.3 is 0 Å². The van der Waals surface area contributed by atoms with Crippen LogP contribution in [0.5, 0.6) is 5.75 Å². The monoisotopic (exact) mass is 341 g/mol. The molecular formula is C16H20FNO4S. The second-order valence-electron chi connectivity index (χ2n) is 6.07. The van der Waals surface area contributed by atoms with Gasteiger partial charge in [0.25, 0.3) is 0 Å². The molecule has 0 spiro atoms. The van der Waals surface area contributed by atoms with Crippen molar-refractivity contribution in [2.45, 2.75) is 37.0 Å². The van der Waals surface area contributed by atoms with Crippen molar-refractivity contribution >= 4 is 15.7 Å². The molecule has 2 saturated heterocycles. The van der Waals surface area contributed by atoms with Gasteiger partial charge in [-0.25, -0.2) is 12.8 Å². The topological polar surface area (TPSA) is 63.7 Å². The van der Waals surface area contributed by atoms with Gasteiger partial charge in [0.1, 0.15) is 11.4 Å². The number of benzene rings is 1. The van der Waals surface area contributed by atoms with Crippen molar-refractivity contribution in [3.63, 3.8) is 0 Å². The van der Waals surface area contributed by atoms with Crippen molar-refractivity contribution in [1.29, 1.82) is 0 Å². The zero-order chi connectivity index (χ0) is 16.4. The Labute approximate surface area is 135 Å². The number of nitrogens with zero attached hydrogens (tertiary/aromatic N) is 1. The Kier molecular flexibility index (Phi) is 4.57. The molecule has 0 saturated carbocycles. The first kappa shape index (κ1) is 16.2. The van der Waals surface area contributed by atoms with Gasteiger partial charge < -0.3 is 9.64 Å². The summed E-state index contributed by atoms with van der Waals surface area (Å²) < 4.78 is 43.0. The summed E-state index contributed by atoms with van der Waals surface area (Å²) in [6.07, 6.45) is 1.98. The lowest BCUT2D eigenvalue weighted by molar-refractivity contribution is -0.132. The molecular weight excluding hydrogens is 321 g/mol. The van der Waals surface area contributed by atoms with Crippen LogP contribution in [0, 0.1) is 5.82 Å². The fourth-order valence-corrected chi connectivity index (χ4v) is 5.02. The number of carbonyl (C=O) groups excluding carboxylic acids is 1. The van der Waals surface area contributed by atoms with E-state index in [4.69, 9.17) is 4.74 Å². The standard InChI is InChI=1S/C16H20FNO4S/c17-13-4-1-2-5-14(13)22-12-7-9-18(10-8-12)16(19)15-6-3-11-23(15,20)21/h1-2,4-5,12,15H,3,6-11H2. The van der Waals surface area contributed by atoms with E-state index in [1.54, 1.807) is 23.1 Å². The van der Waals surface area contributed by atoms with Crippen LogP contribution in [0.4, 0.5) is 4.39 Å². The van der Waals surface area contributed by atoms with E-state index in [0.717, 1.165) is 0 Å². The number of ether oxygens (including phenoxy) is 1. The van der Waals surface area contributed by atoms with Gasteiger partial charge in [0.2, 0.25) is 5.91 Å². The van der Waals surface area contributed by atoms with E-state index in [1.165, 1.54) is 6.07 Å². The Bertz CT molecular complexity index is 683. The van der Waals surface area contributed by atoms with Crippen LogP contribution < -0.4 is 4.74 Å². The number of hydrogen-bond donors (Lipinski definition) is 0. The molecule has 0 bridgehead atoms. The molecule has 1 unspecified atom stereocenters. The molecule has 126 valence electrons. The smallest absolute Gasteiger partial charge is 0.240 e. The highest BCUT2D eigenvalue weighted by atomic mass is 32.2. The molecule has 2 aliphatic rings. The van der Waals surface area contributed by atoms with E-state index in [0.29, 0.717) is 38.8 Å². The van der Waals surface area contributed by atoms with Crippen LogP contribution >= 0.6 is 0 Å². The van der Waals surface area contributed by atoms with Crippen molar-refractivity contribution in [2.24, 2.45) is 0 Å². The van der Waals surface area contributed by atoms with Gasteiger partial charge in [0, 0.05) is 25.9 Å². The van der Waals surface area contributed by atoms with Gasteiger partial charge in [-0.2, -0.15) is 0 Å². The normalized spacial score (nSPS) is 24.6. The summed E-state index contributed by atoms with van der Waals surface area (Å²) >= 11 is 0. The number of amides is 1. The molecule has 2 fully saturated rings. The summed E-state index contributed by atoms with van der Waals surface area (Å²) in [7, 11) is -3.28. The first-order valence-electron chi connectivity index (χ1n) is 7.89. The van der Waals surface area contributed by atoms with E-state index in [9.17, 15) is 17.6 Å². The molecule has 5 nitrogen and oxygen atoms in total. The number of hydrogen-bond acceptors (Lipinski definition) is 4. The van der Waals surface area contributed by atoms with E-state index in [2.05, 4.69) is 0 Å². The minimum absolute atomic E-state index is 0.107. The molecule has 1 aromatic carbocycles. The Balaban J connectivity index is 1.56. The summed E-state index contributed by atoms with van der Waals surface area (Å²) in [5, 5.41) is -0.869. The van der Waals surface area contributed by atoms with E-state index in [-0.39, 0.29) is 23.5 Å². The molecule has 1 amide bonds. The zero-order valence-corrected chi connectivity index (χ0v) is 13.6. The SMILES string of the molecule is O=C(C1CCCS1(=O)=O)N1CCC(Oc2ccccc2F)CC1. The Morgan fingerprint density at radius 3 is 2.48 bits per heavy atom. The molecule has 2 aliphatic heterocycles. The molecule has 0 radical (unpaired) electrons. The van der Waals surface area contributed by atoms with E-state index < -0.39 is 20.9 Å². The fourth-order valence-electron chi connectivity index (χ4n) is 3.19. The lowest BCUT2D eigenvalue weighted by Gasteiger charge is -2.33. The van der Waals surface area contributed by atoms with Crippen LogP contribution in [0.25, 0.3) is 0 Å². The summed E-state index contributed by atoms with van der Waals surface area (Å²) in [5.41, 5.74) is 0. The second-order valence-corrected chi connectivity index (χ2v) is 8.37. The first-order chi connectivity index (χ1) is 11.0. The lowest BCUT2D eigenvalue weighted by Crippen LogP contribution is -2.47. The number of piperidine rings is 1. The van der Waals surface area contributed by atoms with Gasteiger partial charge in [-0.3, -0.25) is 4.79 Å². The van der Waals surface area contributed by atoms with Crippen molar-refractivity contribution in [3.05, 3.63) is 30.1 Å². The molecule has 0 N–H and O–H groups in total. The van der Waals surface area contributed by atoms with Crippen LogP contribution in [0.3, 0.4) is 0 Å². The minimum atomic E-state index is -3.28. The van der Waals surface area contributed by atoms with E-state index >= 15 is 0 Å². The molecule has 3 rings (SSSR count). The number of carbonyl (C=O) groups is 1. The molecule has 7 heteroatoms. The average molecular weight is 341 g/mol. The summed E-state index contributed by atoms with van der Waals surface area (Å²) in [5.74, 6) is -0.360. The third-order valence-electron chi connectivity index (χ3n) is 4.49.